The lowest BCUT2D eigenvalue weighted by Gasteiger charge is -2.10. The van der Waals surface area contributed by atoms with E-state index in [-0.39, 0.29) is 5.91 Å². The summed E-state index contributed by atoms with van der Waals surface area (Å²) in [6.07, 6.45) is 0. The number of thiazole rings is 1. The van der Waals surface area contributed by atoms with Gasteiger partial charge >= 0.3 is 0 Å². The first-order chi connectivity index (χ1) is 9.63. The lowest BCUT2D eigenvalue weighted by atomic mass is 10.2. The number of alkyl halides is 1. The Hall–Kier alpha value is -1.40. The number of nitrogens with zero attached hydrogens (tertiary/aromatic N) is 1. The van der Waals surface area contributed by atoms with Crippen molar-refractivity contribution in [1.29, 1.82) is 0 Å². The van der Waals surface area contributed by atoms with Crippen molar-refractivity contribution < 1.29 is 9.53 Å². The molecule has 0 aliphatic carbocycles. The third-order valence-electron chi connectivity index (χ3n) is 2.61. The molecule has 2 aromatic rings. The van der Waals surface area contributed by atoms with E-state index in [2.05, 4.69) is 26.2 Å². The largest absolute Gasteiger partial charge is 0.494 e. The molecule has 4 nitrogen and oxygen atoms in total. The van der Waals surface area contributed by atoms with Gasteiger partial charge < -0.3 is 10.1 Å². The second-order valence-corrected chi connectivity index (χ2v) is 5.72. The van der Waals surface area contributed by atoms with Crippen LogP contribution in [0.4, 0.5) is 5.69 Å². The smallest absolute Gasteiger partial charge is 0.275 e. The Morgan fingerprint density at radius 1 is 1.50 bits per heavy atom. The first kappa shape index (κ1) is 15.0. The van der Waals surface area contributed by atoms with Gasteiger partial charge in [0.05, 0.1) is 11.6 Å². The molecule has 20 heavy (non-hydrogen) atoms. The summed E-state index contributed by atoms with van der Waals surface area (Å²) >= 11 is 4.88. The number of halogens is 1. The zero-order valence-corrected chi connectivity index (χ0v) is 13.7. The molecule has 0 radical (unpaired) electrons. The molecule has 1 aromatic carbocycles. The maximum atomic E-state index is 12.0. The van der Waals surface area contributed by atoms with Gasteiger partial charge in [-0.2, -0.15) is 0 Å². The second kappa shape index (κ2) is 6.85. The SMILES string of the molecule is CCOc1ccc(NC(=O)c2csc(C)n2)cc1CBr. The predicted octanol–water partition coefficient (Wildman–Crippen LogP) is 4.00. The molecule has 0 unspecified atom stereocenters. The zero-order chi connectivity index (χ0) is 14.5. The van der Waals surface area contributed by atoms with E-state index >= 15 is 0 Å². The van der Waals surface area contributed by atoms with Gasteiger partial charge in [0.2, 0.25) is 0 Å². The lowest BCUT2D eigenvalue weighted by Crippen LogP contribution is -2.12. The molecule has 1 heterocycles. The molecule has 106 valence electrons. The summed E-state index contributed by atoms with van der Waals surface area (Å²) in [4.78, 5) is 16.2. The maximum absolute atomic E-state index is 12.0. The summed E-state index contributed by atoms with van der Waals surface area (Å²) in [5.41, 5.74) is 2.18. The average molecular weight is 355 g/mol. The van der Waals surface area contributed by atoms with Crippen LogP contribution < -0.4 is 10.1 Å². The van der Waals surface area contributed by atoms with Gasteiger partial charge in [-0.05, 0) is 32.0 Å². The van der Waals surface area contributed by atoms with Crippen LogP contribution in [-0.4, -0.2) is 17.5 Å². The van der Waals surface area contributed by atoms with Crippen molar-refractivity contribution in [3.8, 4) is 5.75 Å². The van der Waals surface area contributed by atoms with Crippen molar-refractivity contribution in [1.82, 2.24) is 4.98 Å². The third kappa shape index (κ3) is 3.58. The van der Waals surface area contributed by atoms with Gasteiger partial charge in [-0.25, -0.2) is 4.98 Å². The number of nitrogens with one attached hydrogen (secondary N) is 1. The molecule has 1 amide bonds. The fourth-order valence-electron chi connectivity index (χ4n) is 1.72. The first-order valence-corrected chi connectivity index (χ1v) is 8.19. The Morgan fingerprint density at radius 2 is 2.30 bits per heavy atom. The zero-order valence-electron chi connectivity index (χ0n) is 11.3. The van der Waals surface area contributed by atoms with Crippen LogP contribution in [0.1, 0.15) is 28.0 Å². The van der Waals surface area contributed by atoms with Crippen LogP contribution >= 0.6 is 27.3 Å². The van der Waals surface area contributed by atoms with E-state index in [0.29, 0.717) is 17.6 Å². The van der Waals surface area contributed by atoms with Crippen LogP contribution in [0.25, 0.3) is 0 Å². The highest BCUT2D eigenvalue weighted by atomic mass is 79.9. The Kier molecular flexibility index (Phi) is 5.14. The molecule has 0 bridgehead atoms. The molecular formula is C14H15BrN2O2S. The minimum absolute atomic E-state index is 0.195. The minimum Gasteiger partial charge on any atom is -0.494 e. The summed E-state index contributed by atoms with van der Waals surface area (Å²) in [5, 5.41) is 6.15. The topological polar surface area (TPSA) is 51.2 Å². The van der Waals surface area contributed by atoms with E-state index in [1.165, 1.54) is 11.3 Å². The Bertz CT molecular complexity index is 613. The molecule has 0 aliphatic heterocycles. The van der Waals surface area contributed by atoms with Crippen molar-refractivity contribution in [2.75, 3.05) is 11.9 Å². The van der Waals surface area contributed by atoms with E-state index in [4.69, 9.17) is 4.74 Å². The monoisotopic (exact) mass is 354 g/mol. The van der Waals surface area contributed by atoms with Crippen molar-refractivity contribution in [3.05, 3.63) is 39.8 Å². The number of carbonyl (C=O) groups excluding carboxylic acids is 1. The highest BCUT2D eigenvalue weighted by molar-refractivity contribution is 9.08. The van der Waals surface area contributed by atoms with Crippen molar-refractivity contribution >= 4 is 38.9 Å². The number of benzene rings is 1. The minimum atomic E-state index is -0.195. The Morgan fingerprint density at radius 3 is 2.90 bits per heavy atom. The normalized spacial score (nSPS) is 10.3. The van der Waals surface area contributed by atoms with Crippen LogP contribution in [0.2, 0.25) is 0 Å². The summed E-state index contributed by atoms with van der Waals surface area (Å²) in [6.45, 7) is 4.43. The number of aryl methyl sites for hydroxylation is 1. The lowest BCUT2D eigenvalue weighted by molar-refractivity contribution is 0.102. The van der Waals surface area contributed by atoms with Gasteiger partial charge in [-0.1, -0.05) is 15.9 Å². The highest BCUT2D eigenvalue weighted by Crippen LogP contribution is 2.25. The van der Waals surface area contributed by atoms with Crippen LogP contribution in [0.3, 0.4) is 0 Å². The van der Waals surface area contributed by atoms with Crippen molar-refractivity contribution in [2.45, 2.75) is 19.2 Å². The van der Waals surface area contributed by atoms with Crippen molar-refractivity contribution in [2.24, 2.45) is 0 Å². The quantitative estimate of drug-likeness (QED) is 0.825. The average Bonchev–Trinajstić information content (AvgIpc) is 2.87. The maximum Gasteiger partial charge on any atom is 0.275 e. The molecule has 0 atom stereocenters. The molecule has 0 saturated carbocycles. The third-order valence-corrected chi connectivity index (χ3v) is 3.99. The summed E-state index contributed by atoms with van der Waals surface area (Å²) in [6, 6.07) is 5.59. The molecule has 2 rings (SSSR count). The van der Waals surface area contributed by atoms with Gasteiger partial charge in [0.15, 0.2) is 0 Å². The van der Waals surface area contributed by atoms with E-state index in [0.717, 1.165) is 22.0 Å². The van der Waals surface area contributed by atoms with E-state index in [1.807, 2.05) is 32.0 Å². The number of carbonyl (C=O) groups is 1. The van der Waals surface area contributed by atoms with Gasteiger partial charge in [0, 0.05) is 22.0 Å². The van der Waals surface area contributed by atoms with Gasteiger partial charge in [0.1, 0.15) is 11.4 Å². The van der Waals surface area contributed by atoms with E-state index < -0.39 is 0 Å². The second-order valence-electron chi connectivity index (χ2n) is 4.10. The number of hydrogen-bond donors (Lipinski definition) is 1. The molecule has 0 spiro atoms. The van der Waals surface area contributed by atoms with Crippen LogP contribution in [-0.2, 0) is 5.33 Å². The number of aromatic nitrogens is 1. The standard InChI is InChI=1S/C14H15BrN2O2S/c1-3-19-13-5-4-11(6-10(13)7-15)17-14(18)12-8-20-9(2)16-12/h4-6,8H,3,7H2,1-2H3,(H,17,18). The molecular weight excluding hydrogens is 340 g/mol. The summed E-state index contributed by atoms with van der Waals surface area (Å²) < 4.78 is 5.52. The number of rotatable bonds is 5. The predicted molar refractivity (Wildman–Crippen MR) is 85.0 cm³/mol. The molecule has 1 aromatic heterocycles. The fraction of sp³-hybridized carbons (Fsp3) is 0.286. The van der Waals surface area contributed by atoms with Gasteiger partial charge in [0.25, 0.3) is 5.91 Å². The Balaban J connectivity index is 2.15. The summed E-state index contributed by atoms with van der Waals surface area (Å²) in [5.74, 6) is 0.630. The van der Waals surface area contributed by atoms with Crippen LogP contribution in [0.15, 0.2) is 23.6 Å². The number of ether oxygens (including phenoxy) is 1. The van der Waals surface area contributed by atoms with E-state index in [1.54, 1.807) is 5.38 Å². The van der Waals surface area contributed by atoms with Gasteiger partial charge in [-0.3, -0.25) is 4.79 Å². The number of amides is 1. The Labute approximate surface area is 130 Å². The molecule has 1 N–H and O–H groups in total. The van der Waals surface area contributed by atoms with Crippen LogP contribution in [0, 0.1) is 6.92 Å². The molecule has 0 fully saturated rings. The molecule has 6 heteroatoms. The highest BCUT2D eigenvalue weighted by Gasteiger charge is 2.11. The summed E-state index contributed by atoms with van der Waals surface area (Å²) in [7, 11) is 0. The first-order valence-electron chi connectivity index (χ1n) is 6.19. The number of anilines is 1. The van der Waals surface area contributed by atoms with Crippen LogP contribution in [0.5, 0.6) is 5.75 Å². The molecule has 0 aliphatic rings. The van der Waals surface area contributed by atoms with Gasteiger partial charge in [-0.15, -0.1) is 11.3 Å². The molecule has 0 saturated heterocycles. The fourth-order valence-corrected chi connectivity index (χ4v) is 2.75. The van der Waals surface area contributed by atoms with Crippen molar-refractivity contribution in [3.63, 3.8) is 0 Å². The number of hydrogen-bond acceptors (Lipinski definition) is 4. The van der Waals surface area contributed by atoms with E-state index in [9.17, 15) is 4.79 Å².